The first-order valence-electron chi connectivity index (χ1n) is 9.52. The van der Waals surface area contributed by atoms with E-state index in [4.69, 9.17) is 4.74 Å². The Labute approximate surface area is 181 Å². The summed E-state index contributed by atoms with van der Waals surface area (Å²) in [5, 5.41) is 5.45. The van der Waals surface area contributed by atoms with E-state index in [2.05, 4.69) is 10.6 Å². The predicted octanol–water partition coefficient (Wildman–Crippen LogP) is 3.99. The number of nitrogens with one attached hydrogen (secondary N) is 2. The molecule has 3 aromatic carbocycles. The molecule has 0 aromatic heterocycles. The summed E-state index contributed by atoms with van der Waals surface area (Å²) < 4.78 is 29.6. The summed E-state index contributed by atoms with van der Waals surface area (Å²) in [4.78, 5) is 25.1. The molecule has 0 heterocycles. The highest BCUT2D eigenvalue weighted by Gasteiger charge is 2.20. The summed E-state index contributed by atoms with van der Waals surface area (Å²) in [6.07, 6.45) is 0. The number of amides is 2. The average molecular weight is 439 g/mol. The molecule has 3 aromatic rings. The number of sulfone groups is 1. The summed E-state index contributed by atoms with van der Waals surface area (Å²) in [7, 11) is -1.98. The van der Waals surface area contributed by atoms with E-state index in [1.54, 1.807) is 67.8 Å². The summed E-state index contributed by atoms with van der Waals surface area (Å²) in [5.41, 5.74) is 1.54. The van der Waals surface area contributed by atoms with Gasteiger partial charge in [0.1, 0.15) is 5.75 Å². The molecule has 0 unspecified atom stereocenters. The number of hydrogen-bond acceptors (Lipinski definition) is 5. The zero-order chi connectivity index (χ0) is 22.4. The van der Waals surface area contributed by atoms with Crippen LogP contribution in [0.4, 0.5) is 11.4 Å². The van der Waals surface area contributed by atoms with Crippen molar-refractivity contribution >= 4 is 33.0 Å². The van der Waals surface area contributed by atoms with Crippen LogP contribution in [0.3, 0.4) is 0 Å². The minimum atomic E-state index is -3.54. The predicted molar refractivity (Wildman–Crippen MR) is 120 cm³/mol. The topological polar surface area (TPSA) is 102 Å². The largest absolute Gasteiger partial charge is 0.497 e. The molecule has 3 rings (SSSR count). The molecule has 8 heteroatoms. The number of hydrogen-bond donors (Lipinski definition) is 2. The van der Waals surface area contributed by atoms with E-state index in [1.165, 1.54) is 19.1 Å². The molecule has 0 fully saturated rings. The molecule has 0 aliphatic carbocycles. The number of carbonyl (C=O) groups is 2. The van der Waals surface area contributed by atoms with E-state index in [9.17, 15) is 18.0 Å². The SMILES string of the molecule is CCS(=O)(=O)c1ccccc1C(=O)Nc1ccc(C(=O)Nc2ccc(OC)cc2)cc1. The first-order valence-corrected chi connectivity index (χ1v) is 11.2. The number of rotatable bonds is 7. The summed E-state index contributed by atoms with van der Waals surface area (Å²) in [5.74, 6) is -0.258. The van der Waals surface area contributed by atoms with Crippen molar-refractivity contribution in [2.24, 2.45) is 0 Å². The Balaban J connectivity index is 1.71. The van der Waals surface area contributed by atoms with Crippen LogP contribution < -0.4 is 15.4 Å². The number of methoxy groups -OCH3 is 1. The fourth-order valence-electron chi connectivity index (χ4n) is 2.86. The van der Waals surface area contributed by atoms with Crippen LogP contribution in [0.15, 0.2) is 77.7 Å². The van der Waals surface area contributed by atoms with Crippen molar-refractivity contribution in [2.45, 2.75) is 11.8 Å². The maximum absolute atomic E-state index is 12.6. The third-order valence-corrected chi connectivity index (χ3v) is 6.39. The van der Waals surface area contributed by atoms with Gasteiger partial charge in [-0.3, -0.25) is 9.59 Å². The van der Waals surface area contributed by atoms with Crippen molar-refractivity contribution < 1.29 is 22.7 Å². The summed E-state index contributed by atoms with van der Waals surface area (Å²) >= 11 is 0. The monoisotopic (exact) mass is 438 g/mol. The molecule has 2 N–H and O–H groups in total. The van der Waals surface area contributed by atoms with Gasteiger partial charge in [-0.15, -0.1) is 0 Å². The molecular formula is C23H22N2O5S. The van der Waals surface area contributed by atoms with Crippen LogP contribution in [-0.2, 0) is 9.84 Å². The lowest BCUT2D eigenvalue weighted by atomic mass is 10.1. The van der Waals surface area contributed by atoms with Gasteiger partial charge < -0.3 is 15.4 Å². The van der Waals surface area contributed by atoms with E-state index in [-0.39, 0.29) is 22.1 Å². The Hall–Kier alpha value is -3.65. The second kappa shape index (κ2) is 9.44. The highest BCUT2D eigenvalue weighted by Crippen LogP contribution is 2.20. The lowest BCUT2D eigenvalue weighted by Crippen LogP contribution is -2.17. The van der Waals surface area contributed by atoms with Gasteiger partial charge >= 0.3 is 0 Å². The van der Waals surface area contributed by atoms with E-state index >= 15 is 0 Å². The fourth-order valence-corrected chi connectivity index (χ4v) is 3.95. The van der Waals surface area contributed by atoms with Crippen molar-refractivity contribution in [1.29, 1.82) is 0 Å². The van der Waals surface area contributed by atoms with Gasteiger partial charge in [0.25, 0.3) is 11.8 Å². The van der Waals surface area contributed by atoms with Crippen molar-refractivity contribution in [3.8, 4) is 5.75 Å². The Morgan fingerprint density at radius 3 is 1.94 bits per heavy atom. The second-order valence-corrected chi connectivity index (χ2v) is 8.86. The van der Waals surface area contributed by atoms with Gasteiger partial charge in [-0.25, -0.2) is 8.42 Å². The van der Waals surface area contributed by atoms with Crippen LogP contribution >= 0.6 is 0 Å². The minimum absolute atomic E-state index is 0.00881. The van der Waals surface area contributed by atoms with E-state index < -0.39 is 15.7 Å². The zero-order valence-electron chi connectivity index (χ0n) is 17.1. The highest BCUT2D eigenvalue weighted by molar-refractivity contribution is 7.91. The maximum Gasteiger partial charge on any atom is 0.256 e. The molecule has 2 amide bonds. The number of anilines is 2. The van der Waals surface area contributed by atoms with Crippen LogP contribution in [0.1, 0.15) is 27.6 Å². The molecule has 160 valence electrons. The number of ether oxygens (including phenoxy) is 1. The Morgan fingerprint density at radius 1 is 0.806 bits per heavy atom. The fraction of sp³-hybridized carbons (Fsp3) is 0.130. The van der Waals surface area contributed by atoms with Gasteiger partial charge in [0, 0.05) is 16.9 Å². The van der Waals surface area contributed by atoms with E-state index in [1.807, 2.05) is 0 Å². The quantitative estimate of drug-likeness (QED) is 0.581. The summed E-state index contributed by atoms with van der Waals surface area (Å²) in [6.45, 7) is 1.53. The lowest BCUT2D eigenvalue weighted by Gasteiger charge is -2.11. The molecule has 0 aliphatic rings. The van der Waals surface area contributed by atoms with Crippen LogP contribution in [0.25, 0.3) is 0 Å². The number of carbonyl (C=O) groups excluding carboxylic acids is 2. The highest BCUT2D eigenvalue weighted by atomic mass is 32.2. The van der Waals surface area contributed by atoms with Gasteiger partial charge in [0.2, 0.25) is 0 Å². The van der Waals surface area contributed by atoms with Crippen molar-refractivity contribution in [1.82, 2.24) is 0 Å². The third kappa shape index (κ3) is 5.29. The van der Waals surface area contributed by atoms with Crippen molar-refractivity contribution in [3.63, 3.8) is 0 Å². The molecule has 0 saturated heterocycles. The first kappa shape index (κ1) is 22.0. The standard InChI is InChI=1S/C23H22N2O5S/c1-3-31(28,29)21-7-5-4-6-20(21)23(27)25-17-10-8-16(9-11-17)22(26)24-18-12-14-19(30-2)15-13-18/h4-15H,3H2,1-2H3,(H,24,26)(H,25,27). The van der Waals surface area contributed by atoms with Crippen LogP contribution in [-0.4, -0.2) is 33.1 Å². The Morgan fingerprint density at radius 2 is 1.35 bits per heavy atom. The third-order valence-electron chi connectivity index (χ3n) is 4.60. The van der Waals surface area contributed by atoms with Gasteiger partial charge in [0.15, 0.2) is 9.84 Å². The van der Waals surface area contributed by atoms with Gasteiger partial charge in [-0.1, -0.05) is 19.1 Å². The van der Waals surface area contributed by atoms with Crippen molar-refractivity contribution in [3.05, 3.63) is 83.9 Å². The molecule has 0 saturated carbocycles. The molecule has 7 nitrogen and oxygen atoms in total. The van der Waals surface area contributed by atoms with Gasteiger partial charge in [0.05, 0.1) is 23.3 Å². The smallest absolute Gasteiger partial charge is 0.256 e. The van der Waals surface area contributed by atoms with Crippen LogP contribution in [0.2, 0.25) is 0 Å². The lowest BCUT2D eigenvalue weighted by molar-refractivity contribution is 0.101. The normalized spacial score (nSPS) is 10.9. The number of benzene rings is 3. The van der Waals surface area contributed by atoms with Crippen LogP contribution in [0.5, 0.6) is 5.75 Å². The first-order chi connectivity index (χ1) is 14.8. The zero-order valence-corrected chi connectivity index (χ0v) is 17.9. The molecule has 0 atom stereocenters. The molecule has 0 bridgehead atoms. The molecule has 0 spiro atoms. The Bertz CT molecular complexity index is 1190. The van der Waals surface area contributed by atoms with Crippen LogP contribution in [0, 0.1) is 0 Å². The molecular weight excluding hydrogens is 416 g/mol. The minimum Gasteiger partial charge on any atom is -0.497 e. The van der Waals surface area contributed by atoms with Crippen molar-refractivity contribution in [2.75, 3.05) is 23.5 Å². The Kier molecular flexibility index (Phi) is 6.71. The maximum atomic E-state index is 12.6. The van der Waals surface area contributed by atoms with Gasteiger partial charge in [-0.05, 0) is 60.7 Å². The molecule has 0 radical (unpaired) electrons. The average Bonchev–Trinajstić information content (AvgIpc) is 2.80. The summed E-state index contributed by atoms with van der Waals surface area (Å²) in [6, 6.07) is 19.3. The van der Waals surface area contributed by atoms with E-state index in [0.29, 0.717) is 22.7 Å². The molecule has 31 heavy (non-hydrogen) atoms. The van der Waals surface area contributed by atoms with E-state index in [0.717, 1.165) is 0 Å². The second-order valence-electron chi connectivity index (χ2n) is 6.61. The molecule has 0 aliphatic heterocycles. The van der Waals surface area contributed by atoms with Gasteiger partial charge in [-0.2, -0.15) is 0 Å².